The molecule has 0 aliphatic carbocycles. The molecule has 0 bridgehead atoms. The molecule has 40 heavy (non-hydrogen) atoms. The lowest BCUT2D eigenvalue weighted by Gasteiger charge is -2.07. The van der Waals surface area contributed by atoms with Crippen molar-refractivity contribution in [1.82, 2.24) is 35.1 Å². The van der Waals surface area contributed by atoms with Crippen LogP contribution in [0.2, 0.25) is 0 Å². The van der Waals surface area contributed by atoms with E-state index in [9.17, 15) is 9.18 Å². The Morgan fingerprint density at radius 1 is 1.00 bits per heavy atom. The summed E-state index contributed by atoms with van der Waals surface area (Å²) in [4.78, 5) is 34.6. The number of halogens is 1. The maximum Gasteiger partial charge on any atom is 0.228 e. The largest absolute Gasteiger partial charge is 0.335 e. The zero-order chi connectivity index (χ0) is 27.1. The Kier molecular flexibility index (Phi) is 5.82. The molecule has 7 rings (SSSR count). The first-order valence-electron chi connectivity index (χ1n) is 12.3. The molecule has 6 aromatic heterocycles. The molecule has 7 aromatic rings. The molecule has 0 unspecified atom stereocenters. The summed E-state index contributed by atoms with van der Waals surface area (Å²) in [5.74, 6) is 0.393. The van der Waals surface area contributed by atoms with Gasteiger partial charge in [0.2, 0.25) is 5.91 Å². The standard InChI is InChI=1S/C29H19FN8OS/c30-24-7-6-23(40-24)19-8-9-32-28-26(19)35-29(36-28)27-20-12-21(33-15-22(20)37-38-27)17-11-18(14-31-13-17)34-25(39)10-16-4-2-1-3-5-16/h1-9,11-15H,10H2,(H,34,39)(H,37,38)(H,32,35,36). The Balaban J connectivity index is 1.21. The fourth-order valence-corrected chi connectivity index (χ4v) is 5.34. The van der Waals surface area contributed by atoms with Gasteiger partial charge in [-0.2, -0.15) is 9.49 Å². The fourth-order valence-electron chi connectivity index (χ4n) is 4.58. The van der Waals surface area contributed by atoms with Crippen LogP contribution in [0.1, 0.15) is 5.56 Å². The van der Waals surface area contributed by atoms with E-state index in [4.69, 9.17) is 0 Å². The smallest absolute Gasteiger partial charge is 0.228 e. The van der Waals surface area contributed by atoms with Crippen LogP contribution in [0, 0.1) is 5.13 Å². The number of H-pyrrole nitrogens is 2. The van der Waals surface area contributed by atoms with Crippen molar-refractivity contribution < 1.29 is 9.18 Å². The molecule has 0 aliphatic rings. The zero-order valence-electron chi connectivity index (χ0n) is 20.7. The van der Waals surface area contributed by atoms with Gasteiger partial charge in [0.1, 0.15) is 5.69 Å². The van der Waals surface area contributed by atoms with E-state index in [1.807, 2.05) is 48.5 Å². The van der Waals surface area contributed by atoms with Gasteiger partial charge in [-0.25, -0.2) is 9.97 Å². The number of anilines is 1. The molecule has 3 N–H and O–H groups in total. The third kappa shape index (κ3) is 4.48. The number of hydrogen-bond acceptors (Lipinski definition) is 7. The number of rotatable bonds is 6. The van der Waals surface area contributed by atoms with E-state index < -0.39 is 0 Å². The monoisotopic (exact) mass is 546 g/mol. The minimum atomic E-state index is -0.257. The first-order valence-corrected chi connectivity index (χ1v) is 13.2. The van der Waals surface area contributed by atoms with E-state index in [2.05, 4.69) is 40.4 Å². The van der Waals surface area contributed by atoms with Gasteiger partial charge in [-0.3, -0.25) is 19.9 Å². The third-order valence-electron chi connectivity index (χ3n) is 6.43. The van der Waals surface area contributed by atoms with Crippen molar-refractivity contribution in [2.45, 2.75) is 6.42 Å². The zero-order valence-corrected chi connectivity index (χ0v) is 21.5. The Hall–Kier alpha value is -5.29. The predicted molar refractivity (Wildman–Crippen MR) is 152 cm³/mol. The molecular formula is C29H19FN8OS. The van der Waals surface area contributed by atoms with Gasteiger partial charge in [-0.15, -0.1) is 11.3 Å². The molecule has 0 saturated heterocycles. The van der Waals surface area contributed by atoms with Crippen LogP contribution >= 0.6 is 11.3 Å². The number of aromatic nitrogens is 7. The first-order chi connectivity index (χ1) is 19.6. The number of nitrogens with zero attached hydrogens (tertiary/aromatic N) is 5. The SMILES string of the molecule is O=C(Cc1ccccc1)Nc1cncc(-c2cc3c(-c4nc5nccc(-c6ccc(F)s6)c5[nH]4)n[nH]c3cn2)c1. The van der Waals surface area contributed by atoms with Crippen molar-refractivity contribution in [3.8, 4) is 33.2 Å². The number of nitrogens with one attached hydrogen (secondary N) is 3. The van der Waals surface area contributed by atoms with Crippen LogP contribution in [0.25, 0.3) is 55.3 Å². The molecule has 0 atom stereocenters. The average molecular weight is 547 g/mol. The van der Waals surface area contributed by atoms with Crippen LogP contribution in [0.15, 0.2) is 85.5 Å². The third-order valence-corrected chi connectivity index (χ3v) is 7.33. The minimum Gasteiger partial charge on any atom is -0.335 e. The van der Waals surface area contributed by atoms with Gasteiger partial charge in [-0.05, 0) is 35.9 Å². The summed E-state index contributed by atoms with van der Waals surface area (Å²) in [5, 5.41) is 10.9. The second kappa shape index (κ2) is 9.79. The van der Waals surface area contributed by atoms with Gasteiger partial charge in [-0.1, -0.05) is 30.3 Å². The number of pyridine rings is 3. The molecule has 0 fully saturated rings. The van der Waals surface area contributed by atoms with Gasteiger partial charge >= 0.3 is 0 Å². The molecule has 0 aliphatic heterocycles. The summed E-state index contributed by atoms with van der Waals surface area (Å²) in [6, 6.07) is 18.3. The van der Waals surface area contributed by atoms with Crippen molar-refractivity contribution in [3.05, 3.63) is 96.1 Å². The molecule has 1 aromatic carbocycles. The van der Waals surface area contributed by atoms with Crippen molar-refractivity contribution in [3.63, 3.8) is 0 Å². The lowest BCUT2D eigenvalue weighted by Crippen LogP contribution is -2.14. The Morgan fingerprint density at radius 2 is 1.90 bits per heavy atom. The number of benzene rings is 1. The molecule has 0 saturated carbocycles. The van der Waals surface area contributed by atoms with Crippen molar-refractivity contribution >= 4 is 45.0 Å². The quantitative estimate of drug-likeness (QED) is 0.235. The maximum atomic E-state index is 13.7. The van der Waals surface area contributed by atoms with E-state index >= 15 is 0 Å². The highest BCUT2D eigenvalue weighted by Gasteiger charge is 2.18. The lowest BCUT2D eigenvalue weighted by atomic mass is 10.1. The predicted octanol–water partition coefficient (Wildman–Crippen LogP) is 6.01. The minimum absolute atomic E-state index is 0.131. The van der Waals surface area contributed by atoms with Crippen LogP contribution in [0.3, 0.4) is 0 Å². The number of fused-ring (bicyclic) bond motifs is 2. The normalized spacial score (nSPS) is 11.3. The van der Waals surface area contributed by atoms with Crippen LogP contribution < -0.4 is 5.32 Å². The molecule has 11 heteroatoms. The molecule has 0 radical (unpaired) electrons. The van der Waals surface area contributed by atoms with E-state index in [0.717, 1.165) is 43.8 Å². The Bertz CT molecular complexity index is 2010. The van der Waals surface area contributed by atoms with E-state index in [1.165, 1.54) is 6.07 Å². The number of hydrogen-bond donors (Lipinski definition) is 3. The van der Waals surface area contributed by atoms with E-state index in [0.29, 0.717) is 34.1 Å². The number of aromatic amines is 2. The molecule has 6 heterocycles. The highest BCUT2D eigenvalue weighted by Crippen LogP contribution is 2.34. The summed E-state index contributed by atoms with van der Waals surface area (Å²) in [6.07, 6.45) is 6.92. The highest BCUT2D eigenvalue weighted by molar-refractivity contribution is 7.14. The Morgan fingerprint density at radius 3 is 2.75 bits per heavy atom. The first kappa shape index (κ1) is 23.8. The number of thiophene rings is 1. The van der Waals surface area contributed by atoms with E-state index in [-0.39, 0.29) is 17.5 Å². The second-order valence-corrected chi connectivity index (χ2v) is 10.1. The summed E-state index contributed by atoms with van der Waals surface area (Å²) < 4.78 is 13.7. The van der Waals surface area contributed by atoms with Crippen LogP contribution in [0.4, 0.5) is 10.1 Å². The highest BCUT2D eigenvalue weighted by atomic mass is 32.1. The number of carbonyl (C=O) groups excluding carboxylic acids is 1. The summed E-state index contributed by atoms with van der Waals surface area (Å²) >= 11 is 1.06. The average Bonchev–Trinajstić information content (AvgIpc) is 3.71. The molecule has 0 spiro atoms. The topological polar surface area (TPSA) is 125 Å². The fraction of sp³-hybridized carbons (Fsp3) is 0.0345. The number of imidazole rings is 1. The van der Waals surface area contributed by atoms with E-state index in [1.54, 1.807) is 30.9 Å². The van der Waals surface area contributed by atoms with Gasteiger partial charge in [0.05, 0.1) is 41.2 Å². The maximum absolute atomic E-state index is 13.7. The summed E-state index contributed by atoms with van der Waals surface area (Å²) in [6.45, 7) is 0. The molecule has 1 amide bonds. The number of amides is 1. The van der Waals surface area contributed by atoms with Gasteiger partial charge in [0.25, 0.3) is 0 Å². The Labute approximate surface area is 230 Å². The van der Waals surface area contributed by atoms with Crippen LogP contribution in [-0.2, 0) is 11.2 Å². The van der Waals surface area contributed by atoms with Crippen LogP contribution in [0.5, 0.6) is 0 Å². The number of carbonyl (C=O) groups is 1. The van der Waals surface area contributed by atoms with Crippen molar-refractivity contribution in [1.29, 1.82) is 0 Å². The lowest BCUT2D eigenvalue weighted by molar-refractivity contribution is -0.115. The molecule has 194 valence electrons. The molecule has 9 nitrogen and oxygen atoms in total. The van der Waals surface area contributed by atoms with Gasteiger partial charge in [0.15, 0.2) is 16.6 Å². The molecular weight excluding hydrogens is 527 g/mol. The second-order valence-electron chi connectivity index (χ2n) is 9.11. The van der Waals surface area contributed by atoms with Crippen LogP contribution in [-0.4, -0.2) is 41.0 Å². The summed E-state index contributed by atoms with van der Waals surface area (Å²) in [7, 11) is 0. The van der Waals surface area contributed by atoms with Crippen molar-refractivity contribution in [2.75, 3.05) is 5.32 Å². The summed E-state index contributed by atoms with van der Waals surface area (Å²) in [5.41, 5.74) is 6.26. The van der Waals surface area contributed by atoms with Crippen molar-refractivity contribution in [2.24, 2.45) is 0 Å². The van der Waals surface area contributed by atoms with Gasteiger partial charge in [0, 0.05) is 33.8 Å². The van der Waals surface area contributed by atoms with Gasteiger partial charge < -0.3 is 10.3 Å².